The predicted molar refractivity (Wildman–Crippen MR) is 69.1 cm³/mol. The van der Waals surface area contributed by atoms with Crippen molar-refractivity contribution in [1.82, 2.24) is 0 Å². The van der Waals surface area contributed by atoms with Gasteiger partial charge in [0.15, 0.2) is 0 Å². The van der Waals surface area contributed by atoms with Crippen molar-refractivity contribution in [3.63, 3.8) is 0 Å². The van der Waals surface area contributed by atoms with E-state index >= 15 is 0 Å². The summed E-state index contributed by atoms with van der Waals surface area (Å²) in [5.41, 5.74) is 0.266. The molecule has 102 valence electrons. The van der Waals surface area contributed by atoms with Crippen LogP contribution in [0.5, 0.6) is 0 Å². The van der Waals surface area contributed by atoms with Gasteiger partial charge in [0, 0.05) is 12.3 Å². The number of carbonyl (C=O) groups excluding carboxylic acids is 1. The third-order valence-corrected chi connectivity index (χ3v) is 5.69. The molecule has 5 atom stereocenters. The van der Waals surface area contributed by atoms with Crippen molar-refractivity contribution in [2.75, 3.05) is 0 Å². The standard InChI is InChI=1S/C15H24O3/c1-9(14(17)18)11-4-6-15(3)7-5-13(16)10(2)12(15)8-11/h9-12H,4-8H2,1-3H3,(H,17,18). The molecule has 2 saturated carbocycles. The van der Waals surface area contributed by atoms with Crippen LogP contribution in [-0.4, -0.2) is 16.9 Å². The maximum Gasteiger partial charge on any atom is 0.306 e. The fraction of sp³-hybridized carbons (Fsp3) is 0.867. The molecule has 0 aromatic heterocycles. The second kappa shape index (κ2) is 4.67. The van der Waals surface area contributed by atoms with Crippen molar-refractivity contribution in [1.29, 1.82) is 0 Å². The number of carboxylic acid groups (broad SMARTS) is 1. The van der Waals surface area contributed by atoms with Crippen molar-refractivity contribution in [2.45, 2.75) is 52.9 Å². The van der Waals surface area contributed by atoms with Gasteiger partial charge in [0.25, 0.3) is 0 Å². The Hall–Kier alpha value is -0.860. The van der Waals surface area contributed by atoms with Crippen LogP contribution < -0.4 is 0 Å². The number of carbonyl (C=O) groups is 2. The maximum absolute atomic E-state index is 11.9. The minimum Gasteiger partial charge on any atom is -0.481 e. The molecular weight excluding hydrogens is 228 g/mol. The molecule has 0 heterocycles. The molecule has 3 heteroatoms. The van der Waals surface area contributed by atoms with E-state index in [-0.39, 0.29) is 23.2 Å². The topological polar surface area (TPSA) is 54.4 Å². The maximum atomic E-state index is 11.9. The lowest BCUT2D eigenvalue weighted by Crippen LogP contribution is -2.46. The van der Waals surface area contributed by atoms with Crippen LogP contribution in [0.1, 0.15) is 52.9 Å². The van der Waals surface area contributed by atoms with Crippen LogP contribution in [0.2, 0.25) is 0 Å². The van der Waals surface area contributed by atoms with E-state index in [1.54, 1.807) is 0 Å². The SMILES string of the molecule is CC(C(=O)O)C1CCC2(C)CCC(=O)C(C)C2C1. The molecule has 0 spiro atoms. The third-order valence-electron chi connectivity index (χ3n) is 5.69. The fourth-order valence-electron chi connectivity index (χ4n) is 4.06. The number of hydrogen-bond donors (Lipinski definition) is 1. The zero-order valence-corrected chi connectivity index (χ0v) is 11.6. The molecule has 0 aromatic carbocycles. The number of hydrogen-bond acceptors (Lipinski definition) is 2. The van der Waals surface area contributed by atoms with Crippen LogP contribution >= 0.6 is 0 Å². The number of fused-ring (bicyclic) bond motifs is 1. The first kappa shape index (κ1) is 13.6. The Bertz CT molecular complexity index is 363. The van der Waals surface area contributed by atoms with Crippen molar-refractivity contribution in [3.05, 3.63) is 0 Å². The van der Waals surface area contributed by atoms with E-state index in [0.717, 1.165) is 25.7 Å². The second-order valence-corrected chi connectivity index (χ2v) is 6.68. The quantitative estimate of drug-likeness (QED) is 0.821. The van der Waals surface area contributed by atoms with Gasteiger partial charge in [0.1, 0.15) is 5.78 Å². The van der Waals surface area contributed by atoms with Gasteiger partial charge in [0.2, 0.25) is 0 Å². The van der Waals surface area contributed by atoms with E-state index in [1.165, 1.54) is 0 Å². The summed E-state index contributed by atoms with van der Waals surface area (Å²) >= 11 is 0. The Balaban J connectivity index is 2.14. The van der Waals surface area contributed by atoms with Gasteiger partial charge in [-0.15, -0.1) is 0 Å². The van der Waals surface area contributed by atoms with Crippen LogP contribution in [0.4, 0.5) is 0 Å². The van der Waals surface area contributed by atoms with E-state index in [9.17, 15) is 9.59 Å². The van der Waals surface area contributed by atoms with E-state index in [1.807, 2.05) is 13.8 Å². The zero-order chi connectivity index (χ0) is 13.5. The predicted octanol–water partition coefficient (Wildman–Crippen LogP) is 3.13. The number of ketones is 1. The smallest absolute Gasteiger partial charge is 0.306 e. The molecule has 3 nitrogen and oxygen atoms in total. The average molecular weight is 252 g/mol. The molecule has 2 fully saturated rings. The van der Waals surface area contributed by atoms with E-state index in [0.29, 0.717) is 18.1 Å². The highest BCUT2D eigenvalue weighted by Crippen LogP contribution is 2.53. The highest BCUT2D eigenvalue weighted by atomic mass is 16.4. The Morgan fingerprint density at radius 1 is 1.44 bits per heavy atom. The molecule has 0 aromatic rings. The lowest BCUT2D eigenvalue weighted by Gasteiger charge is -2.50. The molecule has 5 unspecified atom stereocenters. The average Bonchev–Trinajstić information content (AvgIpc) is 2.33. The molecule has 2 rings (SSSR count). The highest BCUT2D eigenvalue weighted by molar-refractivity contribution is 5.82. The van der Waals surface area contributed by atoms with Gasteiger partial charge in [-0.05, 0) is 42.9 Å². The minimum absolute atomic E-state index is 0.118. The van der Waals surface area contributed by atoms with Crippen LogP contribution in [0.3, 0.4) is 0 Å². The Morgan fingerprint density at radius 2 is 2.11 bits per heavy atom. The molecule has 2 aliphatic rings. The molecule has 18 heavy (non-hydrogen) atoms. The normalized spacial score (nSPS) is 42.2. The van der Waals surface area contributed by atoms with Crippen LogP contribution in [-0.2, 0) is 9.59 Å². The molecule has 0 radical (unpaired) electrons. The molecule has 0 aliphatic heterocycles. The van der Waals surface area contributed by atoms with Gasteiger partial charge in [-0.1, -0.05) is 20.8 Å². The monoisotopic (exact) mass is 252 g/mol. The van der Waals surface area contributed by atoms with Gasteiger partial charge >= 0.3 is 5.97 Å². The van der Waals surface area contributed by atoms with Crippen LogP contribution in [0.15, 0.2) is 0 Å². The van der Waals surface area contributed by atoms with E-state index in [4.69, 9.17) is 5.11 Å². The first-order valence-electron chi connectivity index (χ1n) is 7.10. The van der Waals surface area contributed by atoms with Gasteiger partial charge in [-0.2, -0.15) is 0 Å². The number of carboxylic acids is 1. The lowest BCUT2D eigenvalue weighted by atomic mass is 9.54. The fourth-order valence-corrected chi connectivity index (χ4v) is 4.06. The van der Waals surface area contributed by atoms with Gasteiger partial charge in [-0.3, -0.25) is 9.59 Å². The first-order valence-corrected chi connectivity index (χ1v) is 7.10. The first-order chi connectivity index (χ1) is 8.35. The molecule has 0 amide bonds. The Kier molecular flexibility index (Phi) is 3.52. The van der Waals surface area contributed by atoms with Crippen LogP contribution in [0.25, 0.3) is 0 Å². The Morgan fingerprint density at radius 3 is 2.72 bits per heavy atom. The van der Waals surface area contributed by atoms with E-state index < -0.39 is 5.97 Å². The summed E-state index contributed by atoms with van der Waals surface area (Å²) in [6.07, 6.45) is 4.71. The largest absolute Gasteiger partial charge is 0.481 e. The van der Waals surface area contributed by atoms with Crippen molar-refractivity contribution in [3.8, 4) is 0 Å². The van der Waals surface area contributed by atoms with Gasteiger partial charge in [-0.25, -0.2) is 0 Å². The third kappa shape index (κ3) is 2.19. The zero-order valence-electron chi connectivity index (χ0n) is 11.6. The summed E-state index contributed by atoms with van der Waals surface area (Å²) in [7, 11) is 0. The molecule has 0 saturated heterocycles. The second-order valence-electron chi connectivity index (χ2n) is 6.68. The van der Waals surface area contributed by atoms with E-state index in [2.05, 4.69) is 6.92 Å². The minimum atomic E-state index is -0.696. The molecule has 1 N–H and O–H groups in total. The van der Waals surface area contributed by atoms with Crippen molar-refractivity contribution in [2.24, 2.45) is 29.1 Å². The van der Waals surface area contributed by atoms with Crippen molar-refractivity contribution >= 4 is 11.8 Å². The van der Waals surface area contributed by atoms with Gasteiger partial charge < -0.3 is 5.11 Å². The highest BCUT2D eigenvalue weighted by Gasteiger charge is 2.48. The lowest BCUT2D eigenvalue weighted by molar-refractivity contribution is -0.145. The summed E-state index contributed by atoms with van der Waals surface area (Å²) in [4.78, 5) is 23.0. The molecule has 2 aliphatic carbocycles. The summed E-state index contributed by atoms with van der Waals surface area (Å²) < 4.78 is 0. The summed E-state index contributed by atoms with van der Waals surface area (Å²) in [6.45, 7) is 6.14. The summed E-state index contributed by atoms with van der Waals surface area (Å²) in [5, 5.41) is 9.15. The van der Waals surface area contributed by atoms with Crippen LogP contribution in [0, 0.1) is 29.1 Å². The summed E-state index contributed by atoms with van der Waals surface area (Å²) in [5.74, 6) is 0.152. The molecular formula is C15H24O3. The van der Waals surface area contributed by atoms with Gasteiger partial charge in [0.05, 0.1) is 5.92 Å². The molecule has 0 bridgehead atoms. The summed E-state index contributed by atoms with van der Waals surface area (Å²) in [6, 6.07) is 0. The number of Topliss-reactive ketones (excluding diaryl/α,β-unsaturated/α-hetero) is 1. The number of aliphatic carboxylic acids is 1. The Labute approximate surface area is 109 Å². The number of rotatable bonds is 2. The van der Waals surface area contributed by atoms with Crippen molar-refractivity contribution < 1.29 is 14.7 Å².